The molecular weight excluding hydrogens is 959 g/mol. The largest absolute Gasteiger partial charge is 0.466 e. The Bertz CT molecular complexity index is 1260. The van der Waals surface area contributed by atoms with E-state index in [0.29, 0.717) is 25.9 Å². The Morgan fingerprint density at radius 2 is 0.641 bits per heavy atom. The van der Waals surface area contributed by atoms with Gasteiger partial charge >= 0.3 is 5.97 Å². The third kappa shape index (κ3) is 63.3. The van der Waals surface area contributed by atoms with Crippen molar-refractivity contribution >= 4 is 11.9 Å². The first kappa shape index (κ1) is 76.1. The molecule has 0 heterocycles. The lowest BCUT2D eigenvalue weighted by Crippen LogP contribution is -2.45. The molecule has 1 amide bonds. The Balaban J connectivity index is 3.42. The summed E-state index contributed by atoms with van der Waals surface area (Å²) in [6.07, 6.45) is 86.1. The van der Waals surface area contributed by atoms with Crippen molar-refractivity contribution in [1.29, 1.82) is 0 Å². The van der Waals surface area contributed by atoms with Crippen LogP contribution in [0.15, 0.2) is 36.5 Å². The molecule has 6 heteroatoms. The molecule has 0 saturated carbocycles. The summed E-state index contributed by atoms with van der Waals surface area (Å²) in [7, 11) is 0. The molecule has 3 N–H and O–H groups in total. The molecule has 0 spiro atoms. The van der Waals surface area contributed by atoms with Gasteiger partial charge in [-0.2, -0.15) is 0 Å². The normalized spacial score (nSPS) is 12.7. The van der Waals surface area contributed by atoms with Crippen molar-refractivity contribution in [3.8, 4) is 0 Å². The summed E-state index contributed by atoms with van der Waals surface area (Å²) < 4.78 is 5.49. The molecule has 0 aliphatic carbocycles. The monoisotopic (exact) mass is 1100 g/mol. The van der Waals surface area contributed by atoms with E-state index in [9.17, 15) is 19.8 Å². The smallest absolute Gasteiger partial charge is 0.305 e. The fraction of sp³-hybridized carbons (Fsp3) is 0.889. The number of hydrogen-bond acceptors (Lipinski definition) is 5. The molecule has 2 atom stereocenters. The molecule has 0 bridgehead atoms. The van der Waals surface area contributed by atoms with Gasteiger partial charge in [0.25, 0.3) is 0 Å². The zero-order chi connectivity index (χ0) is 56.4. The van der Waals surface area contributed by atoms with Gasteiger partial charge < -0.3 is 20.3 Å². The fourth-order valence-electron chi connectivity index (χ4n) is 11.0. The highest BCUT2D eigenvalue weighted by Gasteiger charge is 2.20. The van der Waals surface area contributed by atoms with Crippen molar-refractivity contribution in [2.75, 3.05) is 13.2 Å². The van der Waals surface area contributed by atoms with Gasteiger partial charge in [0.1, 0.15) is 0 Å². The quantitative estimate of drug-likeness (QED) is 0.0320. The first-order chi connectivity index (χ1) is 38.5. The van der Waals surface area contributed by atoms with E-state index >= 15 is 0 Å². The number of nitrogens with one attached hydrogen (secondary N) is 1. The van der Waals surface area contributed by atoms with Crippen LogP contribution in [-0.4, -0.2) is 47.4 Å². The lowest BCUT2D eigenvalue weighted by molar-refractivity contribution is -0.143. The number of aliphatic hydroxyl groups excluding tert-OH is 2. The molecule has 6 nitrogen and oxygen atoms in total. The number of allylic oxidation sites excluding steroid dienone is 6. The average molecular weight is 1100 g/mol. The van der Waals surface area contributed by atoms with E-state index in [4.69, 9.17) is 4.74 Å². The lowest BCUT2D eigenvalue weighted by atomic mass is 10.0. The predicted molar refractivity (Wildman–Crippen MR) is 343 cm³/mol. The van der Waals surface area contributed by atoms with Crippen LogP contribution >= 0.6 is 0 Å². The number of rotatable bonds is 66. The molecule has 78 heavy (non-hydrogen) atoms. The summed E-state index contributed by atoms with van der Waals surface area (Å²) in [6.45, 7) is 4.95. The van der Waals surface area contributed by atoms with E-state index in [1.54, 1.807) is 0 Å². The van der Waals surface area contributed by atoms with Crippen LogP contribution in [0.3, 0.4) is 0 Å². The zero-order valence-electron chi connectivity index (χ0n) is 52.7. The molecule has 0 fully saturated rings. The lowest BCUT2D eigenvalue weighted by Gasteiger charge is -2.22. The van der Waals surface area contributed by atoms with E-state index in [2.05, 4.69) is 55.6 Å². The van der Waals surface area contributed by atoms with E-state index < -0.39 is 12.1 Å². The molecule has 0 saturated heterocycles. The Morgan fingerprint density at radius 1 is 0.359 bits per heavy atom. The SMILES string of the molecule is CCCCC/C=C\C/C=C\CCCCCCCCCC(=O)OCCCCCCCCCCCCC/C=C\CCCCCCCCCC(=O)NC(CO)C(O)CCCCCCCCCCCCCCCCCCCCCCCC. The van der Waals surface area contributed by atoms with Gasteiger partial charge in [0.15, 0.2) is 0 Å². The molecule has 0 aromatic rings. The minimum absolute atomic E-state index is 0.00289. The Labute approximate surface area is 487 Å². The maximum absolute atomic E-state index is 12.5. The number of aliphatic hydroxyl groups is 2. The van der Waals surface area contributed by atoms with Crippen molar-refractivity contribution in [3.05, 3.63) is 36.5 Å². The second-order valence-corrected chi connectivity index (χ2v) is 24.2. The minimum atomic E-state index is -0.671. The fourth-order valence-corrected chi connectivity index (χ4v) is 11.0. The van der Waals surface area contributed by atoms with Crippen LogP contribution in [-0.2, 0) is 14.3 Å². The molecule has 0 radical (unpaired) electrons. The van der Waals surface area contributed by atoms with Crippen molar-refractivity contribution in [2.45, 2.75) is 398 Å². The summed E-state index contributed by atoms with van der Waals surface area (Å²) in [4.78, 5) is 24.6. The number of esters is 1. The van der Waals surface area contributed by atoms with Crippen LogP contribution in [0.4, 0.5) is 0 Å². The van der Waals surface area contributed by atoms with Crippen LogP contribution in [0.5, 0.6) is 0 Å². The van der Waals surface area contributed by atoms with E-state index in [1.807, 2.05) is 0 Å². The van der Waals surface area contributed by atoms with Gasteiger partial charge in [-0.15, -0.1) is 0 Å². The van der Waals surface area contributed by atoms with Gasteiger partial charge in [0, 0.05) is 12.8 Å². The molecule has 0 aliphatic heterocycles. The van der Waals surface area contributed by atoms with Crippen LogP contribution in [0.1, 0.15) is 386 Å². The third-order valence-electron chi connectivity index (χ3n) is 16.4. The van der Waals surface area contributed by atoms with Gasteiger partial charge in [0.05, 0.1) is 25.4 Å². The van der Waals surface area contributed by atoms with Gasteiger partial charge in [-0.1, -0.05) is 326 Å². The standard InChI is InChI=1S/C72H137NO5/c1-3-5-7-9-11-13-15-17-19-21-22-23-26-29-33-36-40-44-48-52-56-60-64-70(75)69(68-74)73-71(76)65-61-57-53-49-45-41-37-34-30-27-24-25-28-31-35-39-43-47-51-55-59-63-67-78-72(77)66-62-58-54-50-46-42-38-32-20-18-16-14-12-10-8-6-4-2/h12,14,18,20,27,30,69-70,74-75H,3-11,13,15-17,19,21-26,28-29,31-68H2,1-2H3,(H,73,76)/b14-12-,20-18-,30-27-. The van der Waals surface area contributed by atoms with Gasteiger partial charge in [-0.3, -0.25) is 9.59 Å². The molecule has 460 valence electrons. The second-order valence-electron chi connectivity index (χ2n) is 24.2. The first-order valence-electron chi connectivity index (χ1n) is 35.2. The van der Waals surface area contributed by atoms with Crippen molar-refractivity contribution in [1.82, 2.24) is 5.32 Å². The molecule has 0 aromatic heterocycles. The number of carbonyl (C=O) groups is 2. The van der Waals surface area contributed by atoms with Gasteiger partial charge in [-0.25, -0.2) is 0 Å². The summed E-state index contributed by atoms with van der Waals surface area (Å²) in [5.74, 6) is -0.0353. The number of amides is 1. The van der Waals surface area contributed by atoms with Crippen LogP contribution < -0.4 is 5.32 Å². The number of carbonyl (C=O) groups excluding carboxylic acids is 2. The van der Waals surface area contributed by atoms with Crippen LogP contribution in [0.2, 0.25) is 0 Å². The number of unbranched alkanes of at least 4 members (excludes halogenated alkanes) is 49. The molecule has 0 aromatic carbocycles. The maximum Gasteiger partial charge on any atom is 0.305 e. The summed E-state index contributed by atoms with van der Waals surface area (Å²) >= 11 is 0. The van der Waals surface area contributed by atoms with E-state index in [-0.39, 0.29) is 18.5 Å². The highest BCUT2D eigenvalue weighted by molar-refractivity contribution is 5.76. The Hall–Kier alpha value is -1.92. The summed E-state index contributed by atoms with van der Waals surface area (Å²) in [6, 6.07) is -0.548. The summed E-state index contributed by atoms with van der Waals surface area (Å²) in [5.41, 5.74) is 0. The Kier molecular flexibility index (Phi) is 65.9. The van der Waals surface area contributed by atoms with Crippen molar-refractivity contribution in [3.63, 3.8) is 0 Å². The maximum atomic E-state index is 12.5. The highest BCUT2D eigenvalue weighted by atomic mass is 16.5. The first-order valence-corrected chi connectivity index (χ1v) is 35.2. The molecule has 0 aliphatic rings. The highest BCUT2D eigenvalue weighted by Crippen LogP contribution is 2.19. The molecule has 2 unspecified atom stereocenters. The molecular formula is C72H137NO5. The zero-order valence-corrected chi connectivity index (χ0v) is 52.7. The Morgan fingerprint density at radius 3 is 1.01 bits per heavy atom. The van der Waals surface area contributed by atoms with Crippen molar-refractivity contribution in [2.24, 2.45) is 0 Å². The van der Waals surface area contributed by atoms with Gasteiger partial charge in [-0.05, 0) is 83.5 Å². The van der Waals surface area contributed by atoms with Crippen LogP contribution in [0, 0.1) is 0 Å². The minimum Gasteiger partial charge on any atom is -0.466 e. The summed E-state index contributed by atoms with van der Waals surface area (Å²) in [5, 5.41) is 23.4. The van der Waals surface area contributed by atoms with E-state index in [1.165, 1.54) is 302 Å². The third-order valence-corrected chi connectivity index (χ3v) is 16.4. The second kappa shape index (κ2) is 67.6. The van der Waals surface area contributed by atoms with Crippen LogP contribution in [0.25, 0.3) is 0 Å². The van der Waals surface area contributed by atoms with Gasteiger partial charge in [0.2, 0.25) is 5.91 Å². The molecule has 0 rings (SSSR count). The average Bonchev–Trinajstić information content (AvgIpc) is 3.44. The number of hydrogen-bond donors (Lipinski definition) is 3. The van der Waals surface area contributed by atoms with E-state index in [0.717, 1.165) is 51.4 Å². The number of ether oxygens (including phenoxy) is 1. The predicted octanol–water partition coefficient (Wildman–Crippen LogP) is 22.7. The van der Waals surface area contributed by atoms with Crippen molar-refractivity contribution < 1.29 is 24.5 Å². The topological polar surface area (TPSA) is 95.9 Å².